The summed E-state index contributed by atoms with van der Waals surface area (Å²) in [5, 5.41) is 23.1. The van der Waals surface area contributed by atoms with Gasteiger partial charge in [-0.3, -0.25) is 29.1 Å². The quantitative estimate of drug-likeness (QED) is 0.0472. The van der Waals surface area contributed by atoms with Crippen LogP contribution in [0.25, 0.3) is 11.2 Å². The third kappa shape index (κ3) is 10.9. The lowest BCUT2D eigenvalue weighted by Gasteiger charge is -2.24. The molecular weight excluding hydrogens is 745 g/mol. The monoisotopic (exact) mass is 776 g/mol. The smallest absolute Gasteiger partial charge is 0.471 e. The molecule has 0 radical (unpaired) electrons. The highest BCUT2D eigenvalue weighted by Gasteiger charge is 2.43. The van der Waals surface area contributed by atoms with Gasteiger partial charge in [-0.1, -0.05) is 12.1 Å². The van der Waals surface area contributed by atoms with Crippen LogP contribution in [-0.4, -0.2) is 90.6 Å². The van der Waals surface area contributed by atoms with E-state index in [-0.39, 0.29) is 51.3 Å². The third-order valence-corrected chi connectivity index (χ3v) is 7.70. The van der Waals surface area contributed by atoms with E-state index in [2.05, 4.69) is 43.2 Å². The molecule has 0 unspecified atom stereocenters. The number of carbonyl (C=O) groups is 5. The molecule has 0 bridgehead atoms. The molecule has 22 heteroatoms. The first-order valence-corrected chi connectivity index (χ1v) is 16.2. The maximum atomic E-state index is 13.6. The number of thiol groups is 1. The molecule has 0 aliphatic heterocycles. The lowest BCUT2D eigenvalue weighted by Crippen LogP contribution is -2.45. The number of carboxylic acids is 1. The van der Waals surface area contributed by atoms with E-state index >= 15 is 0 Å². The van der Waals surface area contributed by atoms with Crippen molar-refractivity contribution < 1.29 is 56.8 Å². The average Bonchev–Trinajstić information content (AvgIpc) is 3.13. The molecule has 2 aromatic carbocycles. The molecule has 286 valence electrons. The van der Waals surface area contributed by atoms with Crippen molar-refractivity contribution in [1.82, 2.24) is 30.6 Å². The summed E-state index contributed by atoms with van der Waals surface area (Å²) in [4.78, 5) is 88.6. The Bertz CT molecular complexity index is 2070. The van der Waals surface area contributed by atoms with Crippen molar-refractivity contribution in [2.24, 2.45) is 0 Å². The molecule has 7 N–H and O–H groups in total. The molecule has 18 nitrogen and oxygen atoms in total. The van der Waals surface area contributed by atoms with Crippen molar-refractivity contribution >= 4 is 65.1 Å². The topological polar surface area (TPSA) is 269 Å². The Morgan fingerprint density at radius 2 is 1.69 bits per heavy atom. The van der Waals surface area contributed by atoms with E-state index < -0.39 is 79.7 Å². The number of nitrogens with two attached hydrogens (primary N) is 1. The fourth-order valence-electron chi connectivity index (χ4n) is 4.67. The lowest BCUT2D eigenvalue weighted by molar-refractivity contribution is -0.170. The van der Waals surface area contributed by atoms with Crippen molar-refractivity contribution in [1.29, 1.82) is 0 Å². The number of aliphatic carboxylic acids is 1. The number of hydrogen-bond acceptors (Lipinski definition) is 14. The first kappa shape index (κ1) is 40.5. The van der Waals surface area contributed by atoms with E-state index in [4.69, 9.17) is 20.3 Å². The second kappa shape index (κ2) is 18.0. The largest absolute Gasteiger partial charge is 0.480 e. The zero-order chi connectivity index (χ0) is 39.6. The number of anilines is 2. The van der Waals surface area contributed by atoms with Gasteiger partial charge in [0.25, 0.3) is 11.5 Å². The lowest BCUT2D eigenvalue weighted by atomic mass is 10.1. The molecule has 2 heterocycles. The Balaban J connectivity index is 1.37. The van der Waals surface area contributed by atoms with E-state index in [1.54, 1.807) is 24.3 Å². The number of aliphatic hydroxyl groups excluding tert-OH is 1. The predicted molar refractivity (Wildman–Crippen MR) is 184 cm³/mol. The number of nitrogens with zero attached hydrogens (tertiary/aromatic N) is 4. The number of aromatic nitrogens is 4. The van der Waals surface area contributed by atoms with Crippen molar-refractivity contribution in [3.8, 4) is 5.75 Å². The number of aliphatic hydroxyl groups is 1. The van der Waals surface area contributed by atoms with Gasteiger partial charge in [0.05, 0.1) is 18.4 Å². The molecule has 0 aliphatic carbocycles. The molecule has 0 aliphatic rings. The Morgan fingerprint density at radius 1 is 1.00 bits per heavy atom. The van der Waals surface area contributed by atoms with E-state index in [1.165, 1.54) is 0 Å². The van der Waals surface area contributed by atoms with Gasteiger partial charge in [0, 0.05) is 23.4 Å². The molecule has 54 heavy (non-hydrogen) atoms. The summed E-state index contributed by atoms with van der Waals surface area (Å²) in [5.74, 6) is -6.39. The minimum atomic E-state index is -5.34. The molecular formula is C32H31F3N8O10S. The van der Waals surface area contributed by atoms with E-state index in [1.807, 2.05) is 0 Å². The predicted octanol–water partition coefficient (Wildman–Crippen LogP) is 0.841. The molecule has 0 spiro atoms. The highest BCUT2D eigenvalue weighted by atomic mass is 32.1. The van der Waals surface area contributed by atoms with E-state index in [9.17, 15) is 47.0 Å². The van der Waals surface area contributed by atoms with E-state index in [0.717, 1.165) is 30.5 Å². The standard InChI is InChI=1S/C32H31F3N8O10S/c33-32(34,35)30(51)43(12-18-11-37-25-24(38-18)27(47)42-31(36)41-25)19-5-3-17(4-6-19)26(46)40-21(28(48)49)9-10-23(45)39-22(14-54)29(50)52-13-16-1-7-20(8-2-16)53-15-44/h1-8,11,21-22,44,54H,9-10,12-15H2,(H,39,45)(H,40,46)(H,48,49)(H3,36,37,41,42,47)/t21-,22-/m1/s1. The van der Waals surface area contributed by atoms with Crippen molar-refractivity contribution in [3.05, 3.63) is 81.9 Å². The van der Waals surface area contributed by atoms with E-state index in [0.29, 0.717) is 11.3 Å². The van der Waals surface area contributed by atoms with Crippen LogP contribution >= 0.6 is 12.6 Å². The van der Waals surface area contributed by atoms with Gasteiger partial charge in [-0.05, 0) is 48.4 Å². The van der Waals surface area contributed by atoms with Crippen LogP contribution in [0.1, 0.15) is 34.5 Å². The van der Waals surface area contributed by atoms with Crippen LogP contribution in [0.5, 0.6) is 5.75 Å². The van der Waals surface area contributed by atoms with Crippen LogP contribution in [0, 0.1) is 0 Å². The number of aromatic amines is 1. The van der Waals surface area contributed by atoms with Gasteiger partial charge in [-0.2, -0.15) is 30.8 Å². The molecule has 4 rings (SSSR count). The summed E-state index contributed by atoms with van der Waals surface area (Å²) >= 11 is 4.05. The molecule has 0 fully saturated rings. The summed E-state index contributed by atoms with van der Waals surface area (Å²) in [6.07, 6.45) is -5.22. The molecule has 4 aromatic rings. The summed E-state index contributed by atoms with van der Waals surface area (Å²) in [6.45, 7) is -1.47. The minimum Gasteiger partial charge on any atom is -0.480 e. The number of nitrogens with one attached hydrogen (secondary N) is 3. The zero-order valence-corrected chi connectivity index (χ0v) is 28.6. The fourth-order valence-corrected chi connectivity index (χ4v) is 4.91. The van der Waals surface area contributed by atoms with Crippen LogP contribution < -0.4 is 31.6 Å². The zero-order valence-electron chi connectivity index (χ0n) is 27.7. The second-order valence-electron chi connectivity index (χ2n) is 11.2. The number of carbonyl (C=O) groups excluding carboxylic acids is 4. The number of nitrogen functional groups attached to an aromatic ring is 1. The van der Waals surface area contributed by atoms with Gasteiger partial charge in [-0.25, -0.2) is 19.6 Å². The maximum absolute atomic E-state index is 13.6. The summed E-state index contributed by atoms with van der Waals surface area (Å²) in [5.41, 5.74) is 3.94. The number of H-pyrrole nitrogens is 1. The minimum absolute atomic E-state index is 0.154. The van der Waals surface area contributed by atoms with Crippen molar-refractivity contribution in [3.63, 3.8) is 0 Å². The van der Waals surface area contributed by atoms with Crippen LogP contribution in [-0.2, 0) is 37.1 Å². The summed E-state index contributed by atoms with van der Waals surface area (Å²) in [7, 11) is 0. The SMILES string of the molecule is Nc1nc2ncc(CN(C(=O)C(F)(F)F)c3ccc(C(=O)N[C@H](CCC(=O)N[C@H](CS)C(=O)OCc4ccc(OCO)cc4)C(=O)O)cc3)nc2c(=O)[nH]1. The van der Waals surface area contributed by atoms with Crippen LogP contribution in [0.3, 0.4) is 0 Å². The van der Waals surface area contributed by atoms with Crippen LogP contribution in [0.4, 0.5) is 24.8 Å². The number of carboxylic acid groups (broad SMARTS) is 1. The van der Waals surface area contributed by atoms with Crippen molar-refractivity contribution in [2.75, 3.05) is 23.2 Å². The number of fused-ring (bicyclic) bond motifs is 1. The molecule has 2 aromatic heterocycles. The fraction of sp³-hybridized carbons (Fsp3) is 0.281. The number of amides is 3. The third-order valence-electron chi connectivity index (χ3n) is 7.34. The van der Waals surface area contributed by atoms with Gasteiger partial charge in [-0.15, -0.1) is 0 Å². The molecule has 2 atom stereocenters. The summed E-state index contributed by atoms with van der Waals surface area (Å²) < 4.78 is 50.8. The first-order valence-electron chi connectivity index (χ1n) is 15.5. The van der Waals surface area contributed by atoms with Crippen molar-refractivity contribution in [2.45, 2.75) is 44.3 Å². The number of ether oxygens (including phenoxy) is 2. The Hall–Kier alpha value is -6.29. The number of halogens is 3. The Kier molecular flexibility index (Phi) is 13.5. The molecule has 3 amide bonds. The number of alkyl halides is 3. The number of esters is 1. The Labute approximate surface area is 307 Å². The van der Waals surface area contributed by atoms with Gasteiger partial charge in [0.2, 0.25) is 11.9 Å². The average molecular weight is 777 g/mol. The second-order valence-corrected chi connectivity index (χ2v) is 11.5. The molecule has 0 saturated carbocycles. The number of rotatable bonds is 16. The number of benzene rings is 2. The highest BCUT2D eigenvalue weighted by molar-refractivity contribution is 7.80. The highest BCUT2D eigenvalue weighted by Crippen LogP contribution is 2.26. The normalized spacial score (nSPS) is 12.3. The van der Waals surface area contributed by atoms with Crippen LogP contribution in [0.2, 0.25) is 0 Å². The van der Waals surface area contributed by atoms with Gasteiger partial charge >= 0.3 is 24.0 Å². The Morgan fingerprint density at radius 3 is 2.30 bits per heavy atom. The maximum Gasteiger partial charge on any atom is 0.471 e. The van der Waals surface area contributed by atoms with Gasteiger partial charge in [0.1, 0.15) is 24.4 Å². The van der Waals surface area contributed by atoms with Gasteiger partial charge in [0.15, 0.2) is 18.0 Å². The first-order chi connectivity index (χ1) is 25.6. The summed E-state index contributed by atoms with van der Waals surface area (Å²) in [6, 6.07) is 7.56. The van der Waals surface area contributed by atoms with Gasteiger partial charge < -0.3 is 36.1 Å². The van der Waals surface area contributed by atoms with Crippen LogP contribution in [0.15, 0.2) is 59.5 Å². The molecule has 0 saturated heterocycles. The number of hydrogen-bond donors (Lipinski definition) is 7.